The molecule has 7 nitrogen and oxygen atoms in total. The summed E-state index contributed by atoms with van der Waals surface area (Å²) in [5, 5.41) is 11.8. The molecule has 0 fully saturated rings. The lowest BCUT2D eigenvalue weighted by Gasteiger charge is -2.33. The van der Waals surface area contributed by atoms with Crippen LogP contribution < -0.4 is 15.5 Å². The fraction of sp³-hybridized carbons (Fsp3) is 0.250. The van der Waals surface area contributed by atoms with Crippen LogP contribution in [0.25, 0.3) is 0 Å². The van der Waals surface area contributed by atoms with Gasteiger partial charge in [0.05, 0.1) is 13.2 Å². The third-order valence-electron chi connectivity index (χ3n) is 4.59. The van der Waals surface area contributed by atoms with Crippen molar-refractivity contribution in [2.24, 2.45) is 0 Å². The molecule has 1 aliphatic rings. The number of aryl methyl sites for hydroxylation is 1. The third kappa shape index (κ3) is 3.55. The van der Waals surface area contributed by atoms with E-state index in [1.165, 1.54) is 11.8 Å². The van der Waals surface area contributed by atoms with Gasteiger partial charge < -0.3 is 15.5 Å². The van der Waals surface area contributed by atoms with E-state index in [0.717, 1.165) is 29.2 Å². The normalized spacial score (nSPS) is 18.1. The van der Waals surface area contributed by atoms with Gasteiger partial charge in [-0.25, -0.2) is 4.68 Å². The lowest BCUT2D eigenvalue weighted by Crippen LogP contribution is -2.41. The van der Waals surface area contributed by atoms with Crippen molar-refractivity contribution in [1.82, 2.24) is 14.9 Å². The number of carbonyl (C=O) groups is 1. The zero-order valence-electron chi connectivity index (χ0n) is 15.6. The number of benzene rings is 2. The van der Waals surface area contributed by atoms with E-state index in [-0.39, 0.29) is 11.9 Å². The molecular weight excluding hydrogens is 374 g/mol. The molecule has 1 amide bonds. The number of ether oxygens (including phenoxy) is 1. The molecule has 2 aromatic carbocycles. The Morgan fingerprint density at radius 2 is 1.93 bits per heavy atom. The Hall–Kier alpha value is -3.00. The van der Waals surface area contributed by atoms with Crippen LogP contribution in [-0.2, 0) is 11.2 Å². The van der Waals surface area contributed by atoms with Crippen LogP contribution in [0.3, 0.4) is 0 Å². The molecule has 0 radical (unpaired) electrons. The molecule has 3 aromatic rings. The summed E-state index contributed by atoms with van der Waals surface area (Å²) in [6.07, 6.45) is 0.755. The average Bonchev–Trinajstić information content (AvgIpc) is 3.16. The van der Waals surface area contributed by atoms with Gasteiger partial charge in [0.2, 0.25) is 11.1 Å². The molecule has 4 rings (SSSR count). The second-order valence-electron chi connectivity index (χ2n) is 6.36. The van der Waals surface area contributed by atoms with Crippen LogP contribution >= 0.6 is 11.8 Å². The summed E-state index contributed by atoms with van der Waals surface area (Å²) in [7, 11) is 1.61. The van der Waals surface area contributed by atoms with Crippen molar-refractivity contribution in [3.8, 4) is 5.75 Å². The van der Waals surface area contributed by atoms with E-state index in [1.54, 1.807) is 7.11 Å². The number of hydrogen-bond acceptors (Lipinski definition) is 6. The van der Waals surface area contributed by atoms with Gasteiger partial charge >= 0.3 is 0 Å². The van der Waals surface area contributed by atoms with E-state index in [4.69, 9.17) is 4.74 Å². The Morgan fingerprint density at radius 3 is 2.61 bits per heavy atom. The van der Waals surface area contributed by atoms with Crippen LogP contribution in [0.5, 0.6) is 5.75 Å². The van der Waals surface area contributed by atoms with Gasteiger partial charge in [0, 0.05) is 12.1 Å². The fourth-order valence-corrected chi connectivity index (χ4v) is 4.22. The minimum atomic E-state index is -0.397. The first-order valence-corrected chi connectivity index (χ1v) is 9.95. The average molecular weight is 395 g/mol. The van der Waals surface area contributed by atoms with Gasteiger partial charge in [0.25, 0.3) is 0 Å². The summed E-state index contributed by atoms with van der Waals surface area (Å²) in [6, 6.07) is 17.0. The number of carbonyl (C=O) groups excluding carboxylic acids is 1. The van der Waals surface area contributed by atoms with Crippen LogP contribution in [-0.4, -0.2) is 33.1 Å². The second-order valence-corrected chi connectivity index (χ2v) is 7.47. The molecule has 2 unspecified atom stereocenters. The number of hydrogen-bond donors (Lipinski definition) is 2. The Labute approximate surface area is 167 Å². The highest BCUT2D eigenvalue weighted by atomic mass is 32.2. The molecule has 0 aliphatic carbocycles. The summed E-state index contributed by atoms with van der Waals surface area (Å²) in [4.78, 5) is 13.1. The smallest absolute Gasteiger partial charge is 0.240 e. The molecule has 1 aliphatic heterocycles. The number of anilines is 1. The molecule has 144 valence electrons. The summed E-state index contributed by atoms with van der Waals surface area (Å²) in [5.41, 5.74) is 5.19. The molecule has 2 heterocycles. The van der Waals surface area contributed by atoms with E-state index in [0.29, 0.717) is 5.16 Å². The predicted octanol–water partition coefficient (Wildman–Crippen LogP) is 3.25. The van der Waals surface area contributed by atoms with Crippen molar-refractivity contribution in [2.75, 3.05) is 17.9 Å². The Balaban J connectivity index is 1.62. The minimum Gasteiger partial charge on any atom is -0.497 e. The van der Waals surface area contributed by atoms with Gasteiger partial charge in [0.1, 0.15) is 11.0 Å². The zero-order valence-corrected chi connectivity index (χ0v) is 16.4. The lowest BCUT2D eigenvalue weighted by molar-refractivity contribution is -0.116. The highest BCUT2D eigenvalue weighted by molar-refractivity contribution is 8.00. The number of methoxy groups -OCH3 is 1. The molecule has 0 saturated heterocycles. The summed E-state index contributed by atoms with van der Waals surface area (Å²) in [6.45, 7) is 2.03. The maximum absolute atomic E-state index is 13.1. The van der Waals surface area contributed by atoms with Gasteiger partial charge in [-0.3, -0.25) is 4.79 Å². The third-order valence-corrected chi connectivity index (χ3v) is 5.81. The SMILES string of the molecule is CCc1nnc2n1NC(c1ccccc1)C(C(=O)Nc1ccc(OC)cc1)S2. The minimum absolute atomic E-state index is 0.0937. The number of nitrogens with one attached hydrogen (secondary N) is 2. The van der Waals surface area contributed by atoms with Crippen LogP contribution in [0.1, 0.15) is 24.4 Å². The first-order valence-electron chi connectivity index (χ1n) is 9.07. The topological polar surface area (TPSA) is 81.1 Å². The van der Waals surface area contributed by atoms with E-state index in [9.17, 15) is 4.79 Å². The van der Waals surface area contributed by atoms with Crippen molar-refractivity contribution in [3.63, 3.8) is 0 Å². The zero-order chi connectivity index (χ0) is 19.5. The van der Waals surface area contributed by atoms with Crippen LogP contribution in [0.4, 0.5) is 5.69 Å². The predicted molar refractivity (Wildman–Crippen MR) is 109 cm³/mol. The molecule has 0 saturated carbocycles. The summed E-state index contributed by atoms with van der Waals surface area (Å²) < 4.78 is 7.06. The molecule has 1 aromatic heterocycles. The number of nitrogens with zero attached hydrogens (tertiary/aromatic N) is 3. The van der Waals surface area contributed by atoms with Gasteiger partial charge in [-0.15, -0.1) is 10.2 Å². The number of aromatic nitrogens is 3. The van der Waals surface area contributed by atoms with Crippen LogP contribution in [0.2, 0.25) is 0 Å². The summed E-state index contributed by atoms with van der Waals surface area (Å²) >= 11 is 1.42. The molecule has 0 spiro atoms. The Bertz CT molecular complexity index is 958. The standard InChI is InChI=1S/C20H21N5O2S/c1-3-16-22-23-20-25(16)24-17(13-7-5-4-6-8-13)18(28-20)19(26)21-14-9-11-15(27-2)12-10-14/h4-12,17-18,24H,3H2,1-2H3,(H,21,26). The maximum Gasteiger partial charge on any atom is 0.240 e. The maximum atomic E-state index is 13.1. The quantitative estimate of drug-likeness (QED) is 0.690. The van der Waals surface area contributed by atoms with Gasteiger partial charge in [0.15, 0.2) is 5.82 Å². The van der Waals surface area contributed by atoms with Gasteiger partial charge in [-0.05, 0) is 29.8 Å². The van der Waals surface area contributed by atoms with Crippen molar-refractivity contribution < 1.29 is 9.53 Å². The molecule has 2 atom stereocenters. The van der Waals surface area contributed by atoms with E-state index < -0.39 is 5.25 Å². The van der Waals surface area contributed by atoms with Crippen molar-refractivity contribution in [3.05, 3.63) is 66.0 Å². The van der Waals surface area contributed by atoms with Gasteiger partial charge in [-0.1, -0.05) is 49.0 Å². The first-order chi connectivity index (χ1) is 13.7. The fourth-order valence-electron chi connectivity index (χ4n) is 3.13. The first kappa shape index (κ1) is 18.4. The number of rotatable bonds is 5. The summed E-state index contributed by atoms with van der Waals surface area (Å²) in [5.74, 6) is 1.50. The molecule has 8 heteroatoms. The molecule has 2 N–H and O–H groups in total. The largest absolute Gasteiger partial charge is 0.497 e. The highest BCUT2D eigenvalue weighted by Gasteiger charge is 2.37. The number of fused-ring (bicyclic) bond motifs is 1. The van der Waals surface area contributed by atoms with Gasteiger partial charge in [-0.2, -0.15) is 0 Å². The monoisotopic (exact) mass is 395 g/mol. The number of amides is 1. The van der Waals surface area contributed by atoms with E-state index in [2.05, 4.69) is 20.9 Å². The Morgan fingerprint density at radius 1 is 1.18 bits per heavy atom. The number of thioether (sulfide) groups is 1. The molecule has 0 bridgehead atoms. The van der Waals surface area contributed by atoms with Crippen molar-refractivity contribution >= 4 is 23.4 Å². The van der Waals surface area contributed by atoms with Crippen LogP contribution in [0.15, 0.2) is 59.8 Å². The van der Waals surface area contributed by atoms with Crippen LogP contribution in [0, 0.1) is 0 Å². The second kappa shape index (κ2) is 7.93. The van der Waals surface area contributed by atoms with E-state index in [1.807, 2.05) is 66.2 Å². The molecule has 28 heavy (non-hydrogen) atoms. The van der Waals surface area contributed by atoms with E-state index >= 15 is 0 Å². The lowest BCUT2D eigenvalue weighted by atomic mass is 10.0. The van der Waals surface area contributed by atoms with Crippen molar-refractivity contribution in [2.45, 2.75) is 29.8 Å². The molecular formula is C20H21N5O2S. The van der Waals surface area contributed by atoms with Crippen molar-refractivity contribution in [1.29, 1.82) is 0 Å². The highest BCUT2D eigenvalue weighted by Crippen LogP contribution is 2.37. The Kier molecular flexibility index (Phi) is 5.21.